The van der Waals surface area contributed by atoms with E-state index < -0.39 is 0 Å². The summed E-state index contributed by atoms with van der Waals surface area (Å²) in [5, 5.41) is 2.67. The highest BCUT2D eigenvalue weighted by Crippen LogP contribution is 2.24. The van der Waals surface area contributed by atoms with Crippen LogP contribution in [0.25, 0.3) is 10.9 Å². The summed E-state index contributed by atoms with van der Waals surface area (Å²) in [5.74, 6) is 0.274. The average molecular weight is 394 g/mol. The van der Waals surface area contributed by atoms with Crippen molar-refractivity contribution >= 4 is 28.1 Å². The molecule has 0 bridgehead atoms. The topological polar surface area (TPSA) is 45.3 Å². The number of aromatic amines is 1. The van der Waals surface area contributed by atoms with E-state index in [-0.39, 0.29) is 11.7 Å². The lowest BCUT2D eigenvalue weighted by Gasteiger charge is -2.23. The first-order valence-corrected chi connectivity index (χ1v) is 9.74. The van der Waals surface area contributed by atoms with Crippen LogP contribution in [0.15, 0.2) is 66.0 Å². The fourth-order valence-electron chi connectivity index (χ4n) is 3.22. The van der Waals surface area contributed by atoms with Crippen molar-refractivity contribution in [2.24, 2.45) is 0 Å². The lowest BCUT2D eigenvalue weighted by Crippen LogP contribution is -2.30. The van der Waals surface area contributed by atoms with Gasteiger partial charge in [-0.15, -0.1) is 11.3 Å². The zero-order valence-corrected chi connectivity index (χ0v) is 16.1. The number of para-hydroxylation sites is 1. The van der Waals surface area contributed by atoms with Gasteiger partial charge in [0.2, 0.25) is 0 Å². The molecular weight excluding hydrogens is 375 g/mol. The van der Waals surface area contributed by atoms with Gasteiger partial charge < -0.3 is 14.6 Å². The monoisotopic (exact) mass is 394 g/mol. The maximum atomic E-state index is 13.5. The van der Waals surface area contributed by atoms with Crippen LogP contribution in [0, 0.1) is 5.82 Å². The number of fused-ring (bicyclic) bond motifs is 1. The number of nitrogens with zero attached hydrogens (tertiary/aromatic N) is 1. The molecule has 2 aromatic carbocycles. The minimum atomic E-state index is -0.324. The lowest BCUT2D eigenvalue weighted by molar-refractivity contribution is 0.0725. The predicted octanol–water partition coefficient (Wildman–Crippen LogP) is 5.22. The molecule has 0 unspecified atom stereocenters. The number of halogens is 1. The van der Waals surface area contributed by atoms with Crippen LogP contribution in [0.4, 0.5) is 4.39 Å². The number of ether oxygens (including phenoxy) is 1. The molecule has 28 heavy (non-hydrogen) atoms. The van der Waals surface area contributed by atoms with E-state index in [0.717, 1.165) is 21.7 Å². The molecule has 0 radical (unpaired) electrons. The highest BCUT2D eigenvalue weighted by Gasteiger charge is 2.20. The van der Waals surface area contributed by atoms with Crippen LogP contribution in [-0.2, 0) is 13.1 Å². The smallest absolute Gasteiger partial charge is 0.270 e. The van der Waals surface area contributed by atoms with E-state index in [2.05, 4.69) is 4.98 Å². The number of methoxy groups -OCH3 is 1. The number of aromatic nitrogens is 1. The van der Waals surface area contributed by atoms with Crippen molar-refractivity contribution in [3.63, 3.8) is 0 Å². The Kier molecular flexibility index (Phi) is 5.12. The van der Waals surface area contributed by atoms with Gasteiger partial charge in [0.15, 0.2) is 0 Å². The first-order chi connectivity index (χ1) is 13.6. The van der Waals surface area contributed by atoms with Crippen molar-refractivity contribution in [3.8, 4) is 5.75 Å². The molecule has 1 N–H and O–H groups in total. The molecule has 0 spiro atoms. The van der Waals surface area contributed by atoms with Crippen molar-refractivity contribution in [2.75, 3.05) is 7.11 Å². The summed E-state index contributed by atoms with van der Waals surface area (Å²) in [6.07, 6.45) is 0. The standard InChI is InChI=1S/C22H19FN2O2S/c1-27-21-7-3-2-5-15(21)13-25(14-18-6-4-10-28-18)22(26)20-12-16-11-17(23)8-9-19(16)24-20/h2-12,24H,13-14H2,1H3. The zero-order chi connectivity index (χ0) is 19.5. The molecule has 0 atom stereocenters. The fourth-order valence-corrected chi connectivity index (χ4v) is 3.94. The van der Waals surface area contributed by atoms with Crippen LogP contribution in [-0.4, -0.2) is 22.9 Å². The first kappa shape index (κ1) is 18.3. The summed E-state index contributed by atoms with van der Waals surface area (Å²) in [6.45, 7) is 0.892. The van der Waals surface area contributed by atoms with Crippen LogP contribution in [0.2, 0.25) is 0 Å². The maximum Gasteiger partial charge on any atom is 0.270 e. The quantitative estimate of drug-likeness (QED) is 0.487. The summed E-state index contributed by atoms with van der Waals surface area (Å²) in [6, 6.07) is 17.8. The molecule has 4 rings (SSSR count). The summed E-state index contributed by atoms with van der Waals surface area (Å²) in [7, 11) is 1.62. The van der Waals surface area contributed by atoms with Crippen molar-refractivity contribution in [3.05, 3.63) is 88.0 Å². The fraction of sp³-hybridized carbons (Fsp3) is 0.136. The number of nitrogens with one attached hydrogen (secondary N) is 1. The summed E-state index contributed by atoms with van der Waals surface area (Å²) in [4.78, 5) is 19.3. The van der Waals surface area contributed by atoms with E-state index in [0.29, 0.717) is 24.2 Å². The molecule has 2 heterocycles. The maximum absolute atomic E-state index is 13.5. The Morgan fingerprint density at radius 2 is 1.96 bits per heavy atom. The second-order valence-corrected chi connectivity index (χ2v) is 7.50. The van der Waals surface area contributed by atoms with E-state index in [4.69, 9.17) is 4.74 Å². The van der Waals surface area contributed by atoms with Crippen molar-refractivity contribution in [2.45, 2.75) is 13.1 Å². The van der Waals surface area contributed by atoms with Gasteiger partial charge in [0, 0.05) is 21.3 Å². The molecular formula is C22H19FN2O2S. The van der Waals surface area contributed by atoms with Gasteiger partial charge in [0.1, 0.15) is 17.3 Å². The number of benzene rings is 2. The van der Waals surface area contributed by atoms with Gasteiger partial charge in [-0.05, 0) is 41.8 Å². The van der Waals surface area contributed by atoms with E-state index in [1.807, 2.05) is 41.8 Å². The average Bonchev–Trinajstić information content (AvgIpc) is 3.36. The Balaban J connectivity index is 1.67. The third-order valence-corrected chi connectivity index (χ3v) is 5.44. The number of carbonyl (C=O) groups excluding carboxylic acids is 1. The van der Waals surface area contributed by atoms with Crippen LogP contribution in [0.3, 0.4) is 0 Å². The van der Waals surface area contributed by atoms with Crippen molar-refractivity contribution in [1.29, 1.82) is 0 Å². The number of H-pyrrole nitrogens is 1. The number of hydrogen-bond donors (Lipinski definition) is 1. The van der Waals surface area contributed by atoms with Crippen molar-refractivity contribution < 1.29 is 13.9 Å². The first-order valence-electron chi connectivity index (χ1n) is 8.86. The van der Waals surface area contributed by atoms with E-state index in [1.165, 1.54) is 12.1 Å². The minimum Gasteiger partial charge on any atom is -0.496 e. The Morgan fingerprint density at radius 3 is 2.75 bits per heavy atom. The molecule has 0 fully saturated rings. The van der Waals surface area contributed by atoms with Gasteiger partial charge in [-0.1, -0.05) is 24.3 Å². The molecule has 2 aromatic heterocycles. The number of hydrogen-bond acceptors (Lipinski definition) is 3. The zero-order valence-electron chi connectivity index (χ0n) is 15.3. The van der Waals surface area contributed by atoms with Gasteiger partial charge in [-0.3, -0.25) is 4.79 Å². The SMILES string of the molecule is COc1ccccc1CN(Cc1cccs1)C(=O)c1cc2cc(F)ccc2[nH]1. The highest BCUT2D eigenvalue weighted by atomic mass is 32.1. The molecule has 0 aliphatic rings. The summed E-state index contributed by atoms with van der Waals surface area (Å²) in [5.41, 5.74) is 2.10. The normalized spacial score (nSPS) is 10.9. The van der Waals surface area contributed by atoms with E-state index in [9.17, 15) is 9.18 Å². The molecule has 0 aliphatic heterocycles. The summed E-state index contributed by atoms with van der Waals surface area (Å²) >= 11 is 1.61. The van der Waals surface area contributed by atoms with Crippen LogP contribution >= 0.6 is 11.3 Å². The molecule has 0 aliphatic carbocycles. The van der Waals surface area contributed by atoms with E-state index in [1.54, 1.807) is 35.5 Å². The van der Waals surface area contributed by atoms with Gasteiger partial charge in [0.05, 0.1) is 20.2 Å². The Labute approximate surface area is 166 Å². The van der Waals surface area contributed by atoms with Gasteiger partial charge in [-0.25, -0.2) is 4.39 Å². The van der Waals surface area contributed by atoms with Gasteiger partial charge in [-0.2, -0.15) is 0 Å². The lowest BCUT2D eigenvalue weighted by atomic mass is 10.1. The molecule has 1 amide bonds. The molecule has 0 saturated carbocycles. The Morgan fingerprint density at radius 1 is 1.11 bits per heavy atom. The molecule has 6 heteroatoms. The minimum absolute atomic E-state index is 0.143. The predicted molar refractivity (Wildman–Crippen MR) is 109 cm³/mol. The van der Waals surface area contributed by atoms with Crippen LogP contribution in [0.5, 0.6) is 5.75 Å². The molecule has 4 aromatic rings. The molecule has 4 nitrogen and oxygen atoms in total. The van der Waals surface area contributed by atoms with Gasteiger partial charge in [0.25, 0.3) is 5.91 Å². The molecule has 142 valence electrons. The van der Waals surface area contributed by atoms with Crippen molar-refractivity contribution in [1.82, 2.24) is 9.88 Å². The van der Waals surface area contributed by atoms with Crippen LogP contribution in [0.1, 0.15) is 20.9 Å². The highest BCUT2D eigenvalue weighted by molar-refractivity contribution is 7.09. The van der Waals surface area contributed by atoms with Gasteiger partial charge >= 0.3 is 0 Å². The largest absolute Gasteiger partial charge is 0.496 e. The second kappa shape index (κ2) is 7.86. The third kappa shape index (κ3) is 3.77. The second-order valence-electron chi connectivity index (χ2n) is 6.47. The number of rotatable bonds is 6. The number of amides is 1. The van der Waals surface area contributed by atoms with E-state index >= 15 is 0 Å². The van der Waals surface area contributed by atoms with Crippen LogP contribution < -0.4 is 4.74 Å². The Hall–Kier alpha value is -3.12. The molecule has 0 saturated heterocycles. The third-order valence-electron chi connectivity index (χ3n) is 4.58. The number of carbonyl (C=O) groups is 1. The summed E-state index contributed by atoms with van der Waals surface area (Å²) < 4.78 is 18.9. The Bertz CT molecular complexity index is 1100. The number of thiophene rings is 1.